The van der Waals surface area contributed by atoms with Crippen LogP contribution in [0.5, 0.6) is 11.5 Å². The van der Waals surface area contributed by atoms with Crippen LogP contribution in [0.2, 0.25) is 0 Å². The van der Waals surface area contributed by atoms with Gasteiger partial charge >= 0.3 is 0 Å². The van der Waals surface area contributed by atoms with Gasteiger partial charge in [-0.05, 0) is 34.0 Å². The van der Waals surface area contributed by atoms with Gasteiger partial charge < -0.3 is 9.47 Å². The Balaban J connectivity index is 3.23. The molecule has 0 aliphatic heterocycles. The molecule has 0 fully saturated rings. The Labute approximate surface area is 87.0 Å². The molecule has 0 saturated carbocycles. The van der Waals surface area contributed by atoms with Crippen molar-refractivity contribution in [2.75, 3.05) is 14.2 Å². The maximum Gasteiger partial charge on any atom is 0.175 e. The highest BCUT2D eigenvalue weighted by Crippen LogP contribution is 2.37. The van der Waals surface area contributed by atoms with Gasteiger partial charge in [-0.25, -0.2) is 0 Å². The Morgan fingerprint density at radius 2 is 1.92 bits per heavy atom. The maximum absolute atomic E-state index is 5.22. The number of ether oxygens (including phenoxy) is 2. The minimum Gasteiger partial charge on any atom is -0.493 e. The minimum absolute atomic E-state index is 0.734. The monoisotopic (exact) mass is 243 g/mol. The fourth-order valence-electron chi connectivity index (χ4n) is 1.13. The van der Waals surface area contributed by atoms with Gasteiger partial charge in [-0.2, -0.15) is 0 Å². The van der Waals surface area contributed by atoms with Crippen LogP contribution in [0.3, 0.4) is 0 Å². The van der Waals surface area contributed by atoms with Gasteiger partial charge in [0.05, 0.1) is 18.7 Å². The lowest BCUT2D eigenvalue weighted by Crippen LogP contribution is -1.93. The first kappa shape index (κ1) is 10.4. The van der Waals surface area contributed by atoms with Crippen molar-refractivity contribution in [3.8, 4) is 11.5 Å². The predicted molar refractivity (Wildman–Crippen MR) is 56.3 cm³/mol. The summed E-state index contributed by atoms with van der Waals surface area (Å²) < 4.78 is 11.3. The number of hydrogen-bond acceptors (Lipinski definition) is 2. The number of benzene rings is 1. The van der Waals surface area contributed by atoms with Crippen molar-refractivity contribution in [1.82, 2.24) is 0 Å². The van der Waals surface area contributed by atoms with Gasteiger partial charge in [-0.1, -0.05) is 13.0 Å². The molecule has 71 valence electrons. The van der Waals surface area contributed by atoms with E-state index >= 15 is 0 Å². The average Bonchev–Trinajstić information content (AvgIpc) is 2.17. The first-order valence-corrected chi connectivity index (χ1v) is 4.73. The van der Waals surface area contributed by atoms with E-state index in [0.29, 0.717) is 0 Å². The Kier molecular flexibility index (Phi) is 3.60. The fraction of sp³-hybridized carbons (Fsp3) is 0.300. The Morgan fingerprint density at radius 3 is 2.38 bits per heavy atom. The van der Waals surface area contributed by atoms with Crippen LogP contribution in [0.1, 0.15) is 12.5 Å². The molecule has 0 amide bonds. The third-order valence-corrected chi connectivity index (χ3v) is 2.64. The largest absolute Gasteiger partial charge is 0.493 e. The standard InChI is InChI=1S/C10H12BrO2/c1-4-7-5-6-8(12-2)10(13-3)9(7)11/h4-6H,1-3H3. The lowest BCUT2D eigenvalue weighted by atomic mass is 10.1. The van der Waals surface area contributed by atoms with Crippen molar-refractivity contribution in [3.05, 3.63) is 28.6 Å². The topological polar surface area (TPSA) is 18.5 Å². The molecule has 2 nitrogen and oxygen atoms in total. The van der Waals surface area contributed by atoms with Crippen LogP contribution in [-0.2, 0) is 0 Å². The van der Waals surface area contributed by atoms with Crippen LogP contribution in [0.25, 0.3) is 0 Å². The molecule has 13 heavy (non-hydrogen) atoms. The fourth-order valence-corrected chi connectivity index (χ4v) is 1.85. The van der Waals surface area contributed by atoms with Gasteiger partial charge in [0.15, 0.2) is 11.5 Å². The summed E-state index contributed by atoms with van der Waals surface area (Å²) in [6.45, 7) is 1.98. The van der Waals surface area contributed by atoms with E-state index < -0.39 is 0 Å². The molecule has 0 bridgehead atoms. The summed E-state index contributed by atoms with van der Waals surface area (Å²) in [4.78, 5) is 0. The van der Waals surface area contributed by atoms with Crippen molar-refractivity contribution in [2.24, 2.45) is 0 Å². The van der Waals surface area contributed by atoms with Gasteiger partial charge in [-0.15, -0.1) is 0 Å². The van der Waals surface area contributed by atoms with E-state index in [1.807, 2.05) is 25.5 Å². The molecule has 0 saturated heterocycles. The predicted octanol–water partition coefficient (Wildman–Crippen LogP) is 3.04. The summed E-state index contributed by atoms with van der Waals surface area (Å²) in [5.74, 6) is 1.47. The SMILES string of the molecule is C[CH]c1ccc(OC)c(OC)c1Br. The average molecular weight is 244 g/mol. The normalized spacial score (nSPS) is 9.85. The highest BCUT2D eigenvalue weighted by Gasteiger charge is 2.10. The lowest BCUT2D eigenvalue weighted by molar-refractivity contribution is 0.353. The third-order valence-electron chi connectivity index (χ3n) is 1.83. The molecule has 0 aliphatic carbocycles. The second kappa shape index (κ2) is 4.51. The minimum atomic E-state index is 0.734. The first-order valence-electron chi connectivity index (χ1n) is 3.94. The summed E-state index contributed by atoms with van der Waals surface area (Å²) in [5.41, 5.74) is 1.10. The van der Waals surface area contributed by atoms with E-state index in [9.17, 15) is 0 Å². The number of halogens is 1. The van der Waals surface area contributed by atoms with Crippen LogP contribution in [0.15, 0.2) is 16.6 Å². The highest BCUT2D eigenvalue weighted by atomic mass is 79.9. The molecule has 3 heteroatoms. The Hall–Kier alpha value is -0.700. The van der Waals surface area contributed by atoms with Gasteiger partial charge in [0.25, 0.3) is 0 Å². The smallest absolute Gasteiger partial charge is 0.175 e. The molecule has 0 spiro atoms. The number of hydrogen-bond donors (Lipinski definition) is 0. The Morgan fingerprint density at radius 1 is 1.23 bits per heavy atom. The van der Waals surface area contributed by atoms with E-state index in [-0.39, 0.29) is 0 Å². The molecule has 0 N–H and O–H groups in total. The van der Waals surface area contributed by atoms with Gasteiger partial charge in [-0.3, -0.25) is 0 Å². The summed E-state index contributed by atoms with van der Waals surface area (Å²) in [6.07, 6.45) is 2.01. The van der Waals surface area contributed by atoms with Gasteiger partial charge in [0.1, 0.15) is 0 Å². The summed E-state index contributed by atoms with van der Waals surface area (Å²) in [6, 6.07) is 3.87. The number of rotatable bonds is 3. The van der Waals surface area contributed by atoms with E-state index in [1.54, 1.807) is 14.2 Å². The quantitative estimate of drug-likeness (QED) is 0.813. The zero-order valence-corrected chi connectivity index (χ0v) is 9.51. The molecule has 0 unspecified atom stereocenters. The van der Waals surface area contributed by atoms with E-state index in [0.717, 1.165) is 21.5 Å². The van der Waals surface area contributed by atoms with Crippen molar-refractivity contribution >= 4 is 15.9 Å². The summed E-state index contributed by atoms with van der Waals surface area (Å²) in [5, 5.41) is 0. The van der Waals surface area contributed by atoms with E-state index in [2.05, 4.69) is 15.9 Å². The van der Waals surface area contributed by atoms with Crippen LogP contribution in [0, 0.1) is 6.42 Å². The van der Waals surface area contributed by atoms with Crippen LogP contribution >= 0.6 is 15.9 Å². The van der Waals surface area contributed by atoms with Crippen molar-refractivity contribution in [3.63, 3.8) is 0 Å². The molecule has 0 aromatic heterocycles. The van der Waals surface area contributed by atoms with Crippen molar-refractivity contribution in [1.29, 1.82) is 0 Å². The zero-order chi connectivity index (χ0) is 9.84. The third kappa shape index (κ3) is 1.97. The van der Waals surface area contributed by atoms with Crippen LogP contribution < -0.4 is 9.47 Å². The van der Waals surface area contributed by atoms with Crippen LogP contribution in [0.4, 0.5) is 0 Å². The molecule has 0 aliphatic rings. The Bertz CT molecular complexity index is 297. The lowest BCUT2D eigenvalue weighted by Gasteiger charge is -2.11. The summed E-state index contributed by atoms with van der Waals surface area (Å²) >= 11 is 3.46. The highest BCUT2D eigenvalue weighted by molar-refractivity contribution is 9.10. The molecule has 0 atom stereocenters. The summed E-state index contributed by atoms with van der Waals surface area (Å²) in [7, 11) is 3.25. The molecule has 1 rings (SSSR count). The second-order valence-corrected chi connectivity index (χ2v) is 3.29. The molecule has 0 heterocycles. The van der Waals surface area contributed by atoms with Gasteiger partial charge in [0.2, 0.25) is 0 Å². The van der Waals surface area contributed by atoms with Crippen LogP contribution in [-0.4, -0.2) is 14.2 Å². The van der Waals surface area contributed by atoms with E-state index in [1.165, 1.54) is 0 Å². The molecule has 1 aromatic rings. The molecular formula is C10H12BrO2. The number of methoxy groups -OCH3 is 2. The first-order chi connectivity index (χ1) is 6.24. The van der Waals surface area contributed by atoms with Crippen molar-refractivity contribution in [2.45, 2.75) is 6.92 Å². The molecule has 1 aromatic carbocycles. The maximum atomic E-state index is 5.22. The zero-order valence-electron chi connectivity index (χ0n) is 7.93. The second-order valence-electron chi connectivity index (χ2n) is 2.49. The molecule has 1 radical (unpaired) electrons. The van der Waals surface area contributed by atoms with Crippen molar-refractivity contribution < 1.29 is 9.47 Å². The van der Waals surface area contributed by atoms with E-state index in [4.69, 9.17) is 9.47 Å². The van der Waals surface area contributed by atoms with Gasteiger partial charge in [0, 0.05) is 0 Å². The molecular weight excluding hydrogens is 232 g/mol.